The summed E-state index contributed by atoms with van der Waals surface area (Å²) in [7, 11) is 1.95. The highest BCUT2D eigenvalue weighted by Gasteiger charge is 2.35. The molecule has 3 unspecified atom stereocenters. The van der Waals surface area contributed by atoms with Crippen LogP contribution in [0.5, 0.6) is 0 Å². The van der Waals surface area contributed by atoms with E-state index in [9.17, 15) is 4.79 Å². The molecule has 3 heteroatoms. The van der Waals surface area contributed by atoms with Gasteiger partial charge in [0.1, 0.15) is 0 Å². The number of likely N-dealkylation sites (N-methyl/N-ethyl adjacent to an activating group) is 1. The predicted molar refractivity (Wildman–Crippen MR) is 60.5 cm³/mol. The van der Waals surface area contributed by atoms with Crippen molar-refractivity contribution >= 4 is 5.91 Å². The van der Waals surface area contributed by atoms with Gasteiger partial charge < -0.3 is 10.2 Å². The molecule has 0 radical (unpaired) electrons. The van der Waals surface area contributed by atoms with E-state index in [1.54, 1.807) is 0 Å². The lowest BCUT2D eigenvalue weighted by atomic mass is 10.0. The topological polar surface area (TPSA) is 32.3 Å². The molecule has 1 saturated carbocycles. The molecule has 1 aliphatic carbocycles. The minimum Gasteiger partial charge on any atom is -0.344 e. The molecular weight excluding hydrogens is 188 g/mol. The highest BCUT2D eigenvalue weighted by atomic mass is 16.2. The monoisotopic (exact) mass is 210 g/mol. The van der Waals surface area contributed by atoms with Crippen molar-refractivity contribution in [2.75, 3.05) is 20.1 Å². The Balaban J connectivity index is 1.78. The average molecular weight is 210 g/mol. The predicted octanol–water partition coefficient (Wildman–Crippen LogP) is 1.24. The lowest BCUT2D eigenvalue weighted by Gasteiger charge is -2.27. The number of amides is 1. The van der Waals surface area contributed by atoms with Crippen LogP contribution in [0.3, 0.4) is 0 Å². The van der Waals surface area contributed by atoms with Crippen LogP contribution in [0.25, 0.3) is 0 Å². The molecule has 1 heterocycles. The van der Waals surface area contributed by atoms with Crippen molar-refractivity contribution < 1.29 is 4.79 Å². The number of nitrogens with one attached hydrogen (secondary N) is 1. The molecule has 15 heavy (non-hydrogen) atoms. The maximum Gasteiger partial charge on any atom is 0.239 e. The number of rotatable bonds is 3. The molecule has 0 spiro atoms. The quantitative estimate of drug-likeness (QED) is 0.760. The van der Waals surface area contributed by atoms with Gasteiger partial charge >= 0.3 is 0 Å². The minimum absolute atomic E-state index is 0.0952. The number of nitrogens with zero attached hydrogens (tertiary/aromatic N) is 1. The molecule has 0 aromatic rings. The van der Waals surface area contributed by atoms with E-state index in [1.165, 1.54) is 19.3 Å². The third-order valence-corrected chi connectivity index (χ3v) is 3.77. The second-order valence-corrected chi connectivity index (χ2v) is 5.19. The number of hydrogen-bond acceptors (Lipinski definition) is 2. The average Bonchev–Trinajstić information content (AvgIpc) is 2.94. The molecule has 1 amide bonds. The summed E-state index contributed by atoms with van der Waals surface area (Å²) in [5, 5.41) is 3.31. The molecule has 0 bridgehead atoms. The molecule has 1 saturated heterocycles. The standard InChI is InChI=1S/C12H22N2O/c1-9-7-10(9)8-14(2)12(15)11-5-3-4-6-13-11/h9-11,13H,3-8H2,1-2H3. The highest BCUT2D eigenvalue weighted by molar-refractivity contribution is 5.81. The fraction of sp³-hybridized carbons (Fsp3) is 0.917. The zero-order valence-electron chi connectivity index (χ0n) is 9.83. The number of carbonyl (C=O) groups excluding carboxylic acids is 1. The first-order valence-electron chi connectivity index (χ1n) is 6.17. The highest BCUT2D eigenvalue weighted by Crippen LogP contribution is 2.38. The van der Waals surface area contributed by atoms with Crippen molar-refractivity contribution in [3.63, 3.8) is 0 Å². The van der Waals surface area contributed by atoms with Gasteiger partial charge in [0.25, 0.3) is 0 Å². The molecule has 3 nitrogen and oxygen atoms in total. The SMILES string of the molecule is CC1CC1CN(C)C(=O)C1CCCCN1. The van der Waals surface area contributed by atoms with Gasteiger partial charge in [0, 0.05) is 13.6 Å². The molecule has 1 aliphatic heterocycles. The molecule has 86 valence electrons. The molecule has 2 fully saturated rings. The van der Waals surface area contributed by atoms with Gasteiger partial charge in [-0.05, 0) is 37.6 Å². The number of piperidine rings is 1. The van der Waals surface area contributed by atoms with Crippen LogP contribution in [0.1, 0.15) is 32.6 Å². The number of carbonyl (C=O) groups is 1. The third kappa shape index (κ3) is 2.71. The summed E-state index contributed by atoms with van der Waals surface area (Å²) >= 11 is 0. The Labute approximate surface area is 92.2 Å². The van der Waals surface area contributed by atoms with Crippen LogP contribution in [-0.4, -0.2) is 37.0 Å². The van der Waals surface area contributed by atoms with E-state index in [0.717, 1.165) is 31.3 Å². The normalized spacial score (nSPS) is 34.9. The molecular formula is C12H22N2O. The lowest BCUT2D eigenvalue weighted by Crippen LogP contribution is -2.47. The van der Waals surface area contributed by atoms with Crippen molar-refractivity contribution in [1.29, 1.82) is 0 Å². The Morgan fingerprint density at radius 2 is 2.20 bits per heavy atom. The Morgan fingerprint density at radius 3 is 2.73 bits per heavy atom. The lowest BCUT2D eigenvalue weighted by molar-refractivity contribution is -0.132. The summed E-state index contributed by atoms with van der Waals surface area (Å²) in [6.07, 6.45) is 4.73. The fourth-order valence-corrected chi connectivity index (χ4v) is 2.42. The minimum atomic E-state index is 0.0952. The van der Waals surface area contributed by atoms with E-state index in [-0.39, 0.29) is 6.04 Å². The van der Waals surface area contributed by atoms with Gasteiger partial charge in [0.15, 0.2) is 0 Å². The van der Waals surface area contributed by atoms with Crippen molar-refractivity contribution in [3.8, 4) is 0 Å². The van der Waals surface area contributed by atoms with E-state index in [4.69, 9.17) is 0 Å². The summed E-state index contributed by atoms with van der Waals surface area (Å²) in [6.45, 7) is 4.23. The second-order valence-electron chi connectivity index (χ2n) is 5.19. The summed E-state index contributed by atoms with van der Waals surface area (Å²) in [5.41, 5.74) is 0. The first-order chi connectivity index (χ1) is 7.18. The van der Waals surface area contributed by atoms with E-state index in [1.807, 2.05) is 11.9 Å². The van der Waals surface area contributed by atoms with Crippen LogP contribution in [-0.2, 0) is 4.79 Å². The third-order valence-electron chi connectivity index (χ3n) is 3.77. The summed E-state index contributed by atoms with van der Waals surface area (Å²) < 4.78 is 0. The van der Waals surface area contributed by atoms with Gasteiger partial charge in [-0.3, -0.25) is 4.79 Å². The van der Waals surface area contributed by atoms with Gasteiger partial charge in [-0.25, -0.2) is 0 Å². The Hall–Kier alpha value is -0.570. The van der Waals surface area contributed by atoms with Crippen molar-refractivity contribution in [1.82, 2.24) is 10.2 Å². The van der Waals surface area contributed by atoms with E-state index in [2.05, 4.69) is 12.2 Å². The molecule has 2 aliphatic rings. The van der Waals surface area contributed by atoms with Crippen molar-refractivity contribution in [2.24, 2.45) is 11.8 Å². The van der Waals surface area contributed by atoms with E-state index in [0.29, 0.717) is 5.91 Å². The molecule has 1 N–H and O–H groups in total. The van der Waals surface area contributed by atoms with Gasteiger partial charge in [-0.15, -0.1) is 0 Å². The maximum absolute atomic E-state index is 12.0. The molecule has 0 aromatic carbocycles. The second kappa shape index (κ2) is 4.52. The van der Waals surface area contributed by atoms with Crippen LogP contribution in [0.2, 0.25) is 0 Å². The summed E-state index contributed by atoms with van der Waals surface area (Å²) in [4.78, 5) is 14.0. The van der Waals surface area contributed by atoms with Gasteiger partial charge in [-0.2, -0.15) is 0 Å². The van der Waals surface area contributed by atoms with Gasteiger partial charge in [-0.1, -0.05) is 13.3 Å². The van der Waals surface area contributed by atoms with Crippen molar-refractivity contribution in [3.05, 3.63) is 0 Å². The molecule has 3 atom stereocenters. The largest absolute Gasteiger partial charge is 0.344 e. The number of hydrogen-bond donors (Lipinski definition) is 1. The fourth-order valence-electron chi connectivity index (χ4n) is 2.42. The van der Waals surface area contributed by atoms with Crippen LogP contribution >= 0.6 is 0 Å². The molecule has 2 rings (SSSR count). The first kappa shape index (κ1) is 10.9. The van der Waals surface area contributed by atoms with Crippen LogP contribution in [0.15, 0.2) is 0 Å². The maximum atomic E-state index is 12.0. The molecule has 0 aromatic heterocycles. The zero-order chi connectivity index (χ0) is 10.8. The first-order valence-corrected chi connectivity index (χ1v) is 6.17. The van der Waals surface area contributed by atoms with E-state index >= 15 is 0 Å². The van der Waals surface area contributed by atoms with Gasteiger partial charge in [0.05, 0.1) is 6.04 Å². The Kier molecular flexibility index (Phi) is 3.29. The Morgan fingerprint density at radius 1 is 1.47 bits per heavy atom. The van der Waals surface area contributed by atoms with Crippen molar-refractivity contribution in [2.45, 2.75) is 38.6 Å². The van der Waals surface area contributed by atoms with Crippen LogP contribution < -0.4 is 5.32 Å². The van der Waals surface area contributed by atoms with Gasteiger partial charge in [0.2, 0.25) is 5.91 Å². The summed E-state index contributed by atoms with van der Waals surface area (Å²) in [5.74, 6) is 1.90. The zero-order valence-corrected chi connectivity index (χ0v) is 9.83. The van der Waals surface area contributed by atoms with Crippen LogP contribution in [0.4, 0.5) is 0 Å². The van der Waals surface area contributed by atoms with Crippen LogP contribution in [0, 0.1) is 11.8 Å². The van der Waals surface area contributed by atoms with E-state index < -0.39 is 0 Å². The Bertz CT molecular complexity index is 236. The smallest absolute Gasteiger partial charge is 0.239 e. The summed E-state index contributed by atoms with van der Waals surface area (Å²) in [6, 6.07) is 0.0952.